The number of rotatable bonds is 5. The van der Waals surface area contributed by atoms with E-state index in [1.807, 2.05) is 13.8 Å². The summed E-state index contributed by atoms with van der Waals surface area (Å²) in [4.78, 5) is 11.9. The van der Waals surface area contributed by atoms with Crippen LogP contribution in [0.2, 0.25) is 0 Å². The van der Waals surface area contributed by atoms with Gasteiger partial charge in [-0.3, -0.25) is 0 Å². The highest BCUT2D eigenvalue weighted by Gasteiger charge is 2.34. The number of carbonyl (C=O) groups excluding carboxylic acids is 1. The van der Waals surface area contributed by atoms with E-state index in [0.717, 1.165) is 6.42 Å². The molecule has 4 heteroatoms. The molecule has 0 aliphatic carbocycles. The molecular formula is C16H32O4. The van der Waals surface area contributed by atoms with E-state index in [-0.39, 0.29) is 5.41 Å². The van der Waals surface area contributed by atoms with Crippen LogP contribution in [0.25, 0.3) is 0 Å². The Morgan fingerprint density at radius 3 is 1.45 bits per heavy atom. The lowest BCUT2D eigenvalue weighted by atomic mass is 9.84. The Morgan fingerprint density at radius 2 is 1.15 bits per heavy atom. The average molecular weight is 288 g/mol. The molecule has 0 saturated carbocycles. The third-order valence-electron chi connectivity index (χ3n) is 2.53. The van der Waals surface area contributed by atoms with Crippen LogP contribution in [0.4, 0.5) is 4.79 Å². The van der Waals surface area contributed by atoms with Crippen LogP contribution in [0.5, 0.6) is 0 Å². The summed E-state index contributed by atoms with van der Waals surface area (Å²) in [6.07, 6.45) is 0.393. The van der Waals surface area contributed by atoms with Gasteiger partial charge in [0.25, 0.3) is 0 Å². The van der Waals surface area contributed by atoms with Crippen molar-refractivity contribution in [2.45, 2.75) is 92.0 Å². The molecule has 0 spiro atoms. The molecular weight excluding hydrogens is 256 g/mol. The third kappa shape index (κ3) is 10.1. The van der Waals surface area contributed by atoms with Gasteiger partial charge >= 0.3 is 6.16 Å². The lowest BCUT2D eigenvalue weighted by Crippen LogP contribution is -2.40. The second-order valence-corrected chi connectivity index (χ2v) is 8.70. The van der Waals surface area contributed by atoms with E-state index in [1.165, 1.54) is 0 Å². The molecule has 120 valence electrons. The summed E-state index contributed by atoms with van der Waals surface area (Å²) in [5.41, 5.74) is -2.19. The van der Waals surface area contributed by atoms with Crippen molar-refractivity contribution in [1.29, 1.82) is 0 Å². The van der Waals surface area contributed by atoms with Crippen LogP contribution in [-0.4, -0.2) is 28.1 Å². The fourth-order valence-corrected chi connectivity index (χ4v) is 2.86. The first-order chi connectivity index (χ1) is 8.52. The smallest absolute Gasteiger partial charge is 0.428 e. The van der Waals surface area contributed by atoms with Crippen LogP contribution in [0, 0.1) is 5.41 Å². The van der Waals surface area contributed by atoms with Gasteiger partial charge in [0.15, 0.2) is 0 Å². The fourth-order valence-electron chi connectivity index (χ4n) is 2.86. The highest BCUT2D eigenvalue weighted by atomic mass is 16.7. The fraction of sp³-hybridized carbons (Fsp3) is 0.938. The molecule has 20 heavy (non-hydrogen) atoms. The largest absolute Gasteiger partial charge is 0.509 e. The lowest BCUT2D eigenvalue weighted by molar-refractivity contribution is -0.0897. The van der Waals surface area contributed by atoms with Crippen LogP contribution >= 0.6 is 0 Å². The van der Waals surface area contributed by atoms with Crippen molar-refractivity contribution >= 4 is 6.16 Å². The van der Waals surface area contributed by atoms with Crippen molar-refractivity contribution in [2.75, 3.05) is 0 Å². The molecule has 4 nitrogen and oxygen atoms in total. The van der Waals surface area contributed by atoms with Gasteiger partial charge < -0.3 is 14.6 Å². The number of hydrogen-bond donors (Lipinski definition) is 1. The topological polar surface area (TPSA) is 55.8 Å². The maximum absolute atomic E-state index is 11.9. The van der Waals surface area contributed by atoms with Gasteiger partial charge in [0.1, 0.15) is 11.2 Å². The van der Waals surface area contributed by atoms with Gasteiger partial charge in [-0.05, 0) is 53.4 Å². The van der Waals surface area contributed by atoms with Gasteiger partial charge in [0.2, 0.25) is 0 Å². The number of ether oxygens (including phenoxy) is 2. The molecule has 0 amide bonds. The van der Waals surface area contributed by atoms with Gasteiger partial charge in [-0.15, -0.1) is 0 Å². The molecule has 0 aromatic rings. The first-order valence-corrected chi connectivity index (χ1v) is 7.16. The van der Waals surface area contributed by atoms with Crippen molar-refractivity contribution in [3.63, 3.8) is 0 Å². The Bertz CT molecular complexity index is 297. The third-order valence-corrected chi connectivity index (χ3v) is 2.53. The zero-order chi connectivity index (χ0) is 16.4. The van der Waals surface area contributed by atoms with Crippen LogP contribution in [0.15, 0.2) is 0 Å². The number of hydrogen-bond acceptors (Lipinski definition) is 4. The van der Waals surface area contributed by atoms with Crippen LogP contribution in [0.1, 0.15) is 75.2 Å². The monoisotopic (exact) mass is 288 g/mol. The summed E-state index contributed by atoms with van der Waals surface area (Å²) >= 11 is 0. The average Bonchev–Trinajstić information content (AvgIpc) is 1.86. The van der Waals surface area contributed by atoms with Gasteiger partial charge in [0.05, 0.1) is 5.60 Å². The molecule has 0 aromatic heterocycles. The highest BCUT2D eigenvalue weighted by Crippen LogP contribution is 2.31. The summed E-state index contributed by atoms with van der Waals surface area (Å²) in [6, 6.07) is 0. The highest BCUT2D eigenvalue weighted by molar-refractivity contribution is 5.61. The van der Waals surface area contributed by atoms with E-state index in [9.17, 15) is 9.90 Å². The zero-order valence-corrected chi connectivity index (χ0v) is 14.6. The predicted molar refractivity (Wildman–Crippen MR) is 80.7 cm³/mol. The summed E-state index contributed by atoms with van der Waals surface area (Å²) in [6.45, 7) is 17.0. The van der Waals surface area contributed by atoms with E-state index < -0.39 is 23.0 Å². The van der Waals surface area contributed by atoms with Gasteiger partial charge in [-0.25, -0.2) is 4.79 Å². The van der Waals surface area contributed by atoms with Crippen molar-refractivity contribution < 1.29 is 19.4 Å². The van der Waals surface area contributed by atoms with E-state index >= 15 is 0 Å². The second kappa shape index (κ2) is 5.92. The van der Waals surface area contributed by atoms with Crippen molar-refractivity contribution in [3.05, 3.63) is 0 Å². The molecule has 0 unspecified atom stereocenters. The molecule has 0 aromatic carbocycles. The zero-order valence-electron chi connectivity index (χ0n) is 14.6. The molecule has 0 atom stereocenters. The maximum Gasteiger partial charge on any atom is 0.509 e. The molecule has 0 fully saturated rings. The Morgan fingerprint density at radius 1 is 0.800 bits per heavy atom. The predicted octanol–water partition coefficient (Wildman–Crippen LogP) is 4.29. The lowest BCUT2D eigenvalue weighted by Gasteiger charge is -2.34. The van der Waals surface area contributed by atoms with E-state index in [2.05, 4.69) is 20.8 Å². The first-order valence-electron chi connectivity index (χ1n) is 7.16. The molecule has 0 radical (unpaired) electrons. The minimum Gasteiger partial charge on any atom is -0.428 e. The summed E-state index contributed by atoms with van der Waals surface area (Å²) in [7, 11) is 0. The molecule has 0 aliphatic heterocycles. The molecule has 0 bridgehead atoms. The van der Waals surface area contributed by atoms with E-state index in [1.54, 1.807) is 27.7 Å². The van der Waals surface area contributed by atoms with Crippen molar-refractivity contribution in [3.8, 4) is 0 Å². The Kier molecular flexibility index (Phi) is 5.69. The van der Waals surface area contributed by atoms with Crippen LogP contribution < -0.4 is 0 Å². The summed E-state index contributed by atoms with van der Waals surface area (Å²) < 4.78 is 10.8. The standard InChI is InChI=1S/C16H32O4/c1-13(2,3)10-15(6,7)19-12(17)20-16(8,9)11-14(4,5)18/h18H,10-11H2,1-9H3. The Hall–Kier alpha value is -0.770. The first kappa shape index (κ1) is 19.2. The molecule has 0 heterocycles. The van der Waals surface area contributed by atoms with Gasteiger partial charge in [0, 0.05) is 6.42 Å². The Balaban J connectivity index is 4.56. The van der Waals surface area contributed by atoms with Crippen molar-refractivity contribution in [2.24, 2.45) is 5.41 Å². The molecule has 1 N–H and O–H groups in total. The Labute approximate surface area is 123 Å². The van der Waals surface area contributed by atoms with E-state index in [4.69, 9.17) is 9.47 Å². The molecule has 0 saturated heterocycles. The minimum absolute atomic E-state index is 0.0619. The van der Waals surface area contributed by atoms with Crippen LogP contribution in [0.3, 0.4) is 0 Å². The summed E-state index contributed by atoms with van der Waals surface area (Å²) in [5.74, 6) is 0. The molecule has 0 rings (SSSR count). The number of carbonyl (C=O) groups is 1. The normalized spacial score (nSPS) is 14.1. The quantitative estimate of drug-likeness (QED) is 0.767. The number of aliphatic hydroxyl groups is 1. The second-order valence-electron chi connectivity index (χ2n) is 8.70. The SMILES string of the molecule is CC(C)(C)CC(C)(C)OC(=O)OC(C)(C)CC(C)(C)O. The molecule has 0 aliphatic rings. The summed E-state index contributed by atoms with van der Waals surface area (Å²) in [5, 5.41) is 9.82. The van der Waals surface area contributed by atoms with E-state index in [0.29, 0.717) is 6.42 Å². The van der Waals surface area contributed by atoms with Crippen molar-refractivity contribution in [1.82, 2.24) is 0 Å². The maximum atomic E-state index is 11.9. The van der Waals surface area contributed by atoms with Gasteiger partial charge in [-0.1, -0.05) is 20.8 Å². The minimum atomic E-state index is -0.898. The van der Waals surface area contributed by atoms with Gasteiger partial charge in [-0.2, -0.15) is 0 Å². The van der Waals surface area contributed by atoms with Crippen LogP contribution in [-0.2, 0) is 9.47 Å².